The van der Waals surface area contributed by atoms with Gasteiger partial charge < -0.3 is 5.11 Å². The Kier molecular flexibility index (Phi) is 4.92. The zero-order chi connectivity index (χ0) is 14.0. The lowest BCUT2D eigenvalue weighted by atomic mass is 9.88. The highest BCUT2D eigenvalue weighted by Gasteiger charge is 2.29. The van der Waals surface area contributed by atoms with Gasteiger partial charge in [0.15, 0.2) is 0 Å². The first-order valence-corrected chi connectivity index (χ1v) is 6.78. The fraction of sp³-hybridized carbons (Fsp3) is 0.929. The van der Waals surface area contributed by atoms with Gasteiger partial charge in [-0.2, -0.15) is 0 Å². The summed E-state index contributed by atoms with van der Waals surface area (Å²) in [5.41, 5.74) is -0.876. The van der Waals surface area contributed by atoms with Gasteiger partial charge in [-0.1, -0.05) is 13.8 Å². The van der Waals surface area contributed by atoms with Gasteiger partial charge in [0.05, 0.1) is 5.60 Å². The summed E-state index contributed by atoms with van der Waals surface area (Å²) in [6, 6.07) is 0. The third kappa shape index (κ3) is 5.04. The van der Waals surface area contributed by atoms with Crippen LogP contribution in [0.1, 0.15) is 34.6 Å². The minimum atomic E-state index is -0.624. The molecule has 1 saturated heterocycles. The number of nitrogens with zero attached hydrogens (tertiary/aromatic N) is 2. The molecule has 0 saturated carbocycles. The molecule has 0 unspecified atom stereocenters. The van der Waals surface area contributed by atoms with E-state index in [2.05, 4.69) is 9.80 Å². The summed E-state index contributed by atoms with van der Waals surface area (Å²) in [4.78, 5) is 16.2. The van der Waals surface area contributed by atoms with Gasteiger partial charge in [0.1, 0.15) is 5.78 Å². The maximum atomic E-state index is 11.5. The Bertz CT molecular complexity index is 287. The number of Topliss-reactive ketones (excluding diaryl/α,β-unsaturated/α-hetero) is 1. The number of piperazine rings is 1. The second-order valence-electron chi connectivity index (χ2n) is 6.80. The minimum absolute atomic E-state index is 0.251. The monoisotopic (exact) mass is 256 g/mol. The molecule has 0 atom stereocenters. The smallest absolute Gasteiger partial charge is 0.136 e. The second kappa shape index (κ2) is 5.68. The van der Waals surface area contributed by atoms with Crippen LogP contribution in [0, 0.1) is 5.41 Å². The van der Waals surface area contributed by atoms with Crippen molar-refractivity contribution in [3.8, 4) is 0 Å². The lowest BCUT2D eigenvalue weighted by molar-refractivity contribution is -0.126. The first kappa shape index (κ1) is 15.6. The fourth-order valence-corrected chi connectivity index (χ4v) is 2.32. The fourth-order valence-electron chi connectivity index (χ4n) is 2.32. The van der Waals surface area contributed by atoms with Crippen molar-refractivity contribution in [2.75, 3.05) is 39.3 Å². The molecule has 4 heteroatoms. The molecule has 0 aromatic rings. The molecule has 0 aromatic heterocycles. The molecule has 106 valence electrons. The van der Waals surface area contributed by atoms with E-state index in [9.17, 15) is 9.90 Å². The first-order valence-electron chi connectivity index (χ1n) is 6.78. The molecule has 1 aliphatic heterocycles. The number of hydrogen-bond donors (Lipinski definition) is 1. The van der Waals surface area contributed by atoms with Crippen molar-refractivity contribution in [3.63, 3.8) is 0 Å². The molecule has 0 radical (unpaired) electrons. The number of carbonyl (C=O) groups excluding carboxylic acids is 1. The number of ketones is 1. The molecular weight excluding hydrogens is 228 g/mol. The van der Waals surface area contributed by atoms with E-state index in [0.29, 0.717) is 0 Å². The molecule has 0 aliphatic carbocycles. The summed E-state index contributed by atoms with van der Waals surface area (Å²) < 4.78 is 0. The van der Waals surface area contributed by atoms with Crippen molar-refractivity contribution in [1.82, 2.24) is 9.80 Å². The average molecular weight is 256 g/mol. The maximum Gasteiger partial charge on any atom is 0.136 e. The Hall–Kier alpha value is -0.450. The van der Waals surface area contributed by atoms with Crippen LogP contribution in [0.2, 0.25) is 0 Å². The van der Waals surface area contributed by atoms with Crippen LogP contribution in [0.3, 0.4) is 0 Å². The van der Waals surface area contributed by atoms with E-state index in [-0.39, 0.29) is 11.2 Å². The average Bonchev–Trinajstić information content (AvgIpc) is 2.18. The second-order valence-corrected chi connectivity index (χ2v) is 6.80. The Balaban J connectivity index is 2.38. The largest absolute Gasteiger partial charge is 0.389 e. The molecule has 0 aromatic carbocycles. The van der Waals surface area contributed by atoms with Gasteiger partial charge in [0.25, 0.3) is 0 Å². The van der Waals surface area contributed by atoms with Crippen LogP contribution in [0.5, 0.6) is 0 Å². The van der Waals surface area contributed by atoms with Gasteiger partial charge in [-0.15, -0.1) is 0 Å². The number of hydrogen-bond acceptors (Lipinski definition) is 4. The van der Waals surface area contributed by atoms with E-state index >= 15 is 0 Å². The Labute approximate surface area is 111 Å². The van der Waals surface area contributed by atoms with Crippen LogP contribution < -0.4 is 0 Å². The molecule has 18 heavy (non-hydrogen) atoms. The number of carbonyl (C=O) groups is 1. The van der Waals surface area contributed by atoms with Crippen molar-refractivity contribution >= 4 is 5.78 Å². The Morgan fingerprint density at radius 3 is 1.72 bits per heavy atom. The maximum absolute atomic E-state index is 11.5. The third-order valence-electron chi connectivity index (χ3n) is 3.65. The molecule has 1 heterocycles. The summed E-state index contributed by atoms with van der Waals surface area (Å²) in [7, 11) is 0. The normalized spacial score (nSPS) is 20.1. The van der Waals surface area contributed by atoms with Crippen LogP contribution in [0.25, 0.3) is 0 Å². The summed E-state index contributed by atoms with van der Waals surface area (Å²) >= 11 is 0. The van der Waals surface area contributed by atoms with E-state index in [1.54, 1.807) is 6.92 Å². The molecule has 1 aliphatic rings. The zero-order valence-electron chi connectivity index (χ0n) is 12.5. The molecule has 1 rings (SSSR count). The molecule has 1 fully saturated rings. The van der Waals surface area contributed by atoms with E-state index in [1.165, 1.54) is 0 Å². The lowest BCUT2D eigenvalue weighted by Gasteiger charge is -2.39. The third-order valence-corrected chi connectivity index (χ3v) is 3.65. The van der Waals surface area contributed by atoms with Crippen molar-refractivity contribution in [2.24, 2.45) is 5.41 Å². The molecule has 0 spiro atoms. The lowest BCUT2D eigenvalue weighted by Crippen LogP contribution is -2.52. The molecular formula is C14H28N2O2. The van der Waals surface area contributed by atoms with Gasteiger partial charge in [-0.25, -0.2) is 0 Å². The predicted molar refractivity (Wildman–Crippen MR) is 73.6 cm³/mol. The van der Waals surface area contributed by atoms with Crippen LogP contribution >= 0.6 is 0 Å². The molecule has 4 nitrogen and oxygen atoms in total. The van der Waals surface area contributed by atoms with Gasteiger partial charge >= 0.3 is 0 Å². The van der Waals surface area contributed by atoms with Crippen molar-refractivity contribution in [3.05, 3.63) is 0 Å². The molecule has 0 bridgehead atoms. The minimum Gasteiger partial charge on any atom is -0.389 e. The summed E-state index contributed by atoms with van der Waals surface area (Å²) in [5, 5.41) is 9.80. The highest BCUT2D eigenvalue weighted by atomic mass is 16.3. The van der Waals surface area contributed by atoms with Crippen molar-refractivity contribution in [1.29, 1.82) is 0 Å². The summed E-state index contributed by atoms with van der Waals surface area (Å²) in [6.45, 7) is 14.8. The quantitative estimate of drug-likeness (QED) is 0.797. The van der Waals surface area contributed by atoms with Gasteiger partial charge in [-0.05, 0) is 20.8 Å². The van der Waals surface area contributed by atoms with Gasteiger partial charge in [0, 0.05) is 44.7 Å². The van der Waals surface area contributed by atoms with Gasteiger partial charge in [0.2, 0.25) is 0 Å². The van der Waals surface area contributed by atoms with E-state index in [0.717, 1.165) is 39.3 Å². The van der Waals surface area contributed by atoms with E-state index in [4.69, 9.17) is 0 Å². The Morgan fingerprint density at radius 1 is 1.00 bits per heavy atom. The Morgan fingerprint density at radius 2 is 1.39 bits per heavy atom. The topological polar surface area (TPSA) is 43.8 Å². The summed E-state index contributed by atoms with van der Waals surface area (Å²) in [5.74, 6) is 0.251. The SMILES string of the molecule is CC(=O)C(C)(C)CN1CCN(CC(C)(C)O)CC1. The highest BCUT2D eigenvalue weighted by molar-refractivity contribution is 5.81. The van der Waals surface area contributed by atoms with Crippen molar-refractivity contribution in [2.45, 2.75) is 40.2 Å². The van der Waals surface area contributed by atoms with Crippen molar-refractivity contribution < 1.29 is 9.90 Å². The zero-order valence-corrected chi connectivity index (χ0v) is 12.5. The van der Waals surface area contributed by atoms with Crippen LogP contribution in [0.15, 0.2) is 0 Å². The van der Waals surface area contributed by atoms with Crippen LogP contribution in [-0.4, -0.2) is 65.6 Å². The molecule has 1 N–H and O–H groups in total. The van der Waals surface area contributed by atoms with Crippen LogP contribution in [0.4, 0.5) is 0 Å². The molecule has 0 amide bonds. The first-order chi connectivity index (χ1) is 8.10. The number of aliphatic hydroxyl groups is 1. The van der Waals surface area contributed by atoms with Crippen LogP contribution in [-0.2, 0) is 4.79 Å². The predicted octanol–water partition coefficient (Wildman–Crippen LogP) is 0.990. The van der Waals surface area contributed by atoms with E-state index in [1.807, 2.05) is 27.7 Å². The standard InChI is InChI=1S/C14H28N2O2/c1-12(17)13(2,3)10-15-6-8-16(9-7-15)11-14(4,5)18/h18H,6-11H2,1-5H3. The van der Waals surface area contributed by atoms with E-state index < -0.39 is 5.60 Å². The highest BCUT2D eigenvalue weighted by Crippen LogP contribution is 2.19. The number of β-amino-alcohol motifs (C(OH)–C–C–N with tert-alkyl or cyclic N) is 1. The summed E-state index contributed by atoms with van der Waals surface area (Å²) in [6.07, 6.45) is 0. The number of rotatable bonds is 5. The van der Waals surface area contributed by atoms with Gasteiger partial charge in [-0.3, -0.25) is 14.6 Å².